The fourth-order valence-electron chi connectivity index (χ4n) is 3.07. The van der Waals surface area contributed by atoms with Crippen molar-refractivity contribution in [3.05, 3.63) is 52.9 Å². The molecule has 24 heavy (non-hydrogen) atoms. The Kier molecular flexibility index (Phi) is 3.90. The summed E-state index contributed by atoms with van der Waals surface area (Å²) in [5, 5.41) is 4.78. The number of amides is 1. The van der Waals surface area contributed by atoms with Gasteiger partial charge in [0.05, 0.1) is 22.0 Å². The first-order valence-electron chi connectivity index (χ1n) is 7.98. The molecule has 0 radical (unpaired) electrons. The molecule has 5 nitrogen and oxygen atoms in total. The summed E-state index contributed by atoms with van der Waals surface area (Å²) in [4.78, 5) is 19.0. The monoisotopic (exact) mass is 339 g/mol. The summed E-state index contributed by atoms with van der Waals surface area (Å²) in [6, 6.07) is 9.87. The number of benzene rings is 1. The van der Waals surface area contributed by atoms with Gasteiger partial charge in [-0.1, -0.05) is 17.3 Å². The first kappa shape index (κ1) is 15.1. The van der Waals surface area contributed by atoms with Gasteiger partial charge in [-0.05, 0) is 38.0 Å². The molecule has 3 aromatic rings. The van der Waals surface area contributed by atoms with Gasteiger partial charge in [-0.3, -0.25) is 4.79 Å². The van der Waals surface area contributed by atoms with Crippen molar-refractivity contribution in [2.75, 3.05) is 6.54 Å². The predicted molar refractivity (Wildman–Crippen MR) is 93.6 cm³/mol. The summed E-state index contributed by atoms with van der Waals surface area (Å²) in [6.07, 6.45) is 5.30. The second-order valence-corrected chi connectivity index (χ2v) is 6.98. The van der Waals surface area contributed by atoms with E-state index in [1.807, 2.05) is 42.2 Å². The molecule has 1 saturated heterocycles. The summed E-state index contributed by atoms with van der Waals surface area (Å²) >= 11 is 1.59. The Balaban J connectivity index is 1.52. The summed E-state index contributed by atoms with van der Waals surface area (Å²) in [6.45, 7) is 2.63. The molecule has 1 aromatic carbocycles. The van der Waals surface area contributed by atoms with E-state index in [4.69, 9.17) is 4.52 Å². The third-order valence-electron chi connectivity index (χ3n) is 4.19. The third-order valence-corrected chi connectivity index (χ3v) is 5.19. The standard InChI is InChI=1S/C18H17N3O2S/c1-12-11-15(23-20-12)14-6-4-10-21(14)18(22)9-8-17-19-13-5-2-3-7-16(13)24-17/h2-3,5,7-9,11,14H,4,6,10H2,1H3. The average Bonchev–Trinajstić information content (AvgIpc) is 3.30. The van der Waals surface area contributed by atoms with Gasteiger partial charge in [0.1, 0.15) is 5.01 Å². The fraction of sp³-hybridized carbons (Fsp3) is 0.278. The number of carbonyl (C=O) groups excluding carboxylic acids is 1. The lowest BCUT2D eigenvalue weighted by Crippen LogP contribution is -2.28. The predicted octanol–water partition coefficient (Wildman–Crippen LogP) is 3.97. The maximum atomic E-state index is 12.6. The van der Waals surface area contributed by atoms with Crippen molar-refractivity contribution in [3.8, 4) is 0 Å². The van der Waals surface area contributed by atoms with E-state index in [0.717, 1.165) is 46.1 Å². The number of aromatic nitrogens is 2. The molecule has 4 rings (SSSR count). The summed E-state index contributed by atoms with van der Waals surface area (Å²) in [7, 11) is 0. The Morgan fingerprint density at radius 1 is 1.42 bits per heavy atom. The van der Waals surface area contributed by atoms with E-state index in [1.54, 1.807) is 23.5 Å². The largest absolute Gasteiger partial charge is 0.359 e. The second-order valence-electron chi connectivity index (χ2n) is 5.91. The number of nitrogens with zero attached hydrogens (tertiary/aromatic N) is 3. The second kappa shape index (κ2) is 6.20. The number of para-hydroxylation sites is 1. The van der Waals surface area contributed by atoms with E-state index in [2.05, 4.69) is 10.1 Å². The van der Waals surface area contributed by atoms with Crippen LogP contribution in [0.5, 0.6) is 0 Å². The molecule has 1 amide bonds. The summed E-state index contributed by atoms with van der Waals surface area (Å²) < 4.78 is 6.48. The molecule has 1 aliphatic rings. The van der Waals surface area contributed by atoms with Gasteiger partial charge in [-0.2, -0.15) is 0 Å². The van der Waals surface area contributed by atoms with Gasteiger partial charge >= 0.3 is 0 Å². The van der Waals surface area contributed by atoms with Gasteiger partial charge in [0.2, 0.25) is 5.91 Å². The molecular weight excluding hydrogens is 322 g/mol. The molecular formula is C18H17N3O2S. The van der Waals surface area contributed by atoms with E-state index >= 15 is 0 Å². The number of hydrogen-bond acceptors (Lipinski definition) is 5. The maximum Gasteiger partial charge on any atom is 0.247 e. The summed E-state index contributed by atoms with van der Waals surface area (Å²) in [5.74, 6) is 0.762. The van der Waals surface area contributed by atoms with E-state index in [9.17, 15) is 4.79 Å². The highest BCUT2D eigenvalue weighted by molar-refractivity contribution is 7.19. The molecule has 1 atom stereocenters. The fourth-order valence-corrected chi connectivity index (χ4v) is 3.94. The number of thiazole rings is 1. The Morgan fingerprint density at radius 3 is 3.08 bits per heavy atom. The highest BCUT2D eigenvalue weighted by Gasteiger charge is 2.31. The van der Waals surface area contributed by atoms with Crippen LogP contribution < -0.4 is 0 Å². The minimum atomic E-state index is -0.0151. The van der Waals surface area contributed by atoms with Gasteiger partial charge in [-0.25, -0.2) is 4.98 Å². The Morgan fingerprint density at radius 2 is 2.29 bits per heavy atom. The molecule has 122 valence electrons. The zero-order valence-electron chi connectivity index (χ0n) is 13.3. The molecule has 1 aliphatic heterocycles. The van der Waals surface area contributed by atoms with Crippen LogP contribution >= 0.6 is 11.3 Å². The molecule has 0 spiro atoms. The highest BCUT2D eigenvalue weighted by Crippen LogP contribution is 2.32. The third kappa shape index (κ3) is 2.85. The number of fused-ring (bicyclic) bond motifs is 1. The van der Waals surface area contributed by atoms with Gasteiger partial charge in [0.15, 0.2) is 5.76 Å². The SMILES string of the molecule is Cc1cc(C2CCCN2C(=O)C=Cc2nc3ccccc3s2)on1. The summed E-state index contributed by atoms with van der Waals surface area (Å²) in [5.41, 5.74) is 1.81. The smallest absolute Gasteiger partial charge is 0.247 e. The number of likely N-dealkylation sites (tertiary alicyclic amines) is 1. The average molecular weight is 339 g/mol. The van der Waals surface area contributed by atoms with Crippen LogP contribution in [0, 0.1) is 6.92 Å². The van der Waals surface area contributed by atoms with Crippen LogP contribution in [0.25, 0.3) is 16.3 Å². The lowest BCUT2D eigenvalue weighted by molar-refractivity contribution is -0.127. The van der Waals surface area contributed by atoms with Crippen LogP contribution in [0.2, 0.25) is 0 Å². The lowest BCUT2D eigenvalue weighted by Gasteiger charge is -2.20. The van der Waals surface area contributed by atoms with Gasteiger partial charge < -0.3 is 9.42 Å². The van der Waals surface area contributed by atoms with Gasteiger partial charge in [0, 0.05) is 18.7 Å². The van der Waals surface area contributed by atoms with Crippen LogP contribution in [0.4, 0.5) is 0 Å². The van der Waals surface area contributed by atoms with E-state index in [0.29, 0.717) is 0 Å². The number of carbonyl (C=O) groups is 1. The van der Waals surface area contributed by atoms with Crippen LogP contribution in [-0.2, 0) is 4.79 Å². The Bertz CT molecular complexity index is 879. The van der Waals surface area contributed by atoms with Crippen molar-refractivity contribution >= 4 is 33.5 Å². The number of hydrogen-bond donors (Lipinski definition) is 0. The van der Waals surface area contributed by atoms with Crippen LogP contribution in [0.15, 0.2) is 40.9 Å². The molecule has 1 fully saturated rings. The molecule has 1 unspecified atom stereocenters. The molecule has 3 heterocycles. The van der Waals surface area contributed by atoms with Crippen molar-refractivity contribution in [1.82, 2.24) is 15.0 Å². The zero-order valence-corrected chi connectivity index (χ0v) is 14.1. The van der Waals surface area contributed by atoms with Crippen molar-refractivity contribution in [1.29, 1.82) is 0 Å². The molecule has 0 saturated carbocycles. The molecule has 6 heteroatoms. The van der Waals surface area contributed by atoms with Crippen molar-refractivity contribution < 1.29 is 9.32 Å². The number of rotatable bonds is 3. The van der Waals surface area contributed by atoms with E-state index in [1.165, 1.54) is 0 Å². The van der Waals surface area contributed by atoms with Gasteiger partial charge in [-0.15, -0.1) is 11.3 Å². The zero-order chi connectivity index (χ0) is 16.5. The minimum absolute atomic E-state index is 0.00851. The lowest BCUT2D eigenvalue weighted by atomic mass is 10.1. The first-order valence-corrected chi connectivity index (χ1v) is 8.80. The maximum absolute atomic E-state index is 12.6. The Hall–Kier alpha value is -2.47. The molecule has 0 aliphatic carbocycles. The van der Waals surface area contributed by atoms with Crippen molar-refractivity contribution in [2.24, 2.45) is 0 Å². The molecule has 0 N–H and O–H groups in total. The van der Waals surface area contributed by atoms with E-state index < -0.39 is 0 Å². The van der Waals surface area contributed by atoms with Crippen LogP contribution in [0.1, 0.15) is 35.3 Å². The highest BCUT2D eigenvalue weighted by atomic mass is 32.1. The number of aryl methyl sites for hydroxylation is 1. The van der Waals surface area contributed by atoms with Crippen molar-refractivity contribution in [2.45, 2.75) is 25.8 Å². The van der Waals surface area contributed by atoms with Gasteiger partial charge in [0.25, 0.3) is 0 Å². The molecule has 2 aromatic heterocycles. The van der Waals surface area contributed by atoms with Crippen molar-refractivity contribution in [3.63, 3.8) is 0 Å². The van der Waals surface area contributed by atoms with E-state index in [-0.39, 0.29) is 11.9 Å². The quantitative estimate of drug-likeness (QED) is 0.678. The van der Waals surface area contributed by atoms with Crippen LogP contribution in [-0.4, -0.2) is 27.5 Å². The minimum Gasteiger partial charge on any atom is -0.359 e. The first-order chi connectivity index (χ1) is 11.7. The normalized spacial score (nSPS) is 18.0. The van der Waals surface area contributed by atoms with Crippen LogP contribution in [0.3, 0.4) is 0 Å². The topological polar surface area (TPSA) is 59.2 Å². The Labute approximate surface area is 143 Å². The molecule has 0 bridgehead atoms.